The zero-order valence-electron chi connectivity index (χ0n) is 11.8. The Kier molecular flexibility index (Phi) is 5.79. The van der Waals surface area contributed by atoms with Gasteiger partial charge in [-0.2, -0.15) is 8.78 Å². The van der Waals surface area contributed by atoms with Crippen molar-refractivity contribution in [3.63, 3.8) is 0 Å². The van der Waals surface area contributed by atoms with E-state index in [1.54, 1.807) is 12.1 Å². The van der Waals surface area contributed by atoms with Gasteiger partial charge in [0.2, 0.25) is 0 Å². The molecule has 2 heterocycles. The van der Waals surface area contributed by atoms with Crippen LogP contribution in [0.25, 0.3) is 0 Å². The maximum atomic E-state index is 12.1. The lowest BCUT2D eigenvalue weighted by atomic mass is 9.88. The van der Waals surface area contributed by atoms with Crippen molar-refractivity contribution < 1.29 is 13.5 Å². The molecule has 2 aliphatic rings. The molecule has 6 heteroatoms. The quantitative estimate of drug-likeness (QED) is 0.924. The Morgan fingerprint density at radius 1 is 1.19 bits per heavy atom. The summed E-state index contributed by atoms with van der Waals surface area (Å²) in [4.78, 5) is 2.46. The molecule has 0 saturated carbocycles. The molecule has 0 bridgehead atoms. The molecule has 1 aromatic rings. The molecule has 1 N–H and O–H groups in total. The second-order valence-electron chi connectivity index (χ2n) is 5.72. The van der Waals surface area contributed by atoms with E-state index in [-0.39, 0.29) is 18.2 Å². The summed E-state index contributed by atoms with van der Waals surface area (Å²) >= 11 is 0. The van der Waals surface area contributed by atoms with Crippen molar-refractivity contribution in [2.45, 2.75) is 19.6 Å². The molecule has 21 heavy (non-hydrogen) atoms. The predicted molar refractivity (Wildman–Crippen MR) is 80.1 cm³/mol. The molecular weight excluding hydrogens is 298 g/mol. The van der Waals surface area contributed by atoms with Crippen molar-refractivity contribution in [3.05, 3.63) is 29.8 Å². The molecular formula is C15H21ClF2N2O. The van der Waals surface area contributed by atoms with Gasteiger partial charge in [0.15, 0.2) is 0 Å². The van der Waals surface area contributed by atoms with Crippen LogP contribution in [0.5, 0.6) is 5.75 Å². The number of fused-ring (bicyclic) bond motifs is 1. The van der Waals surface area contributed by atoms with Gasteiger partial charge in [-0.1, -0.05) is 12.1 Å². The number of nitrogens with zero attached hydrogens (tertiary/aromatic N) is 1. The SMILES string of the molecule is Cl.FC(F)Oc1ccc(CN2CCC3CNCC3C2)cc1. The van der Waals surface area contributed by atoms with E-state index in [1.165, 1.54) is 6.42 Å². The highest BCUT2D eigenvalue weighted by Crippen LogP contribution is 2.27. The minimum Gasteiger partial charge on any atom is -0.435 e. The number of alkyl halides is 2. The Balaban J connectivity index is 0.00000161. The van der Waals surface area contributed by atoms with Crippen molar-refractivity contribution in [2.75, 3.05) is 26.2 Å². The smallest absolute Gasteiger partial charge is 0.387 e. The Labute approximate surface area is 130 Å². The molecule has 0 radical (unpaired) electrons. The monoisotopic (exact) mass is 318 g/mol. The van der Waals surface area contributed by atoms with E-state index < -0.39 is 6.61 Å². The number of hydrogen-bond acceptors (Lipinski definition) is 3. The van der Waals surface area contributed by atoms with Crippen molar-refractivity contribution in [2.24, 2.45) is 11.8 Å². The molecule has 0 spiro atoms. The molecule has 2 fully saturated rings. The van der Waals surface area contributed by atoms with E-state index >= 15 is 0 Å². The summed E-state index contributed by atoms with van der Waals surface area (Å²) in [6.45, 7) is 2.68. The summed E-state index contributed by atoms with van der Waals surface area (Å²) in [5.74, 6) is 1.83. The van der Waals surface area contributed by atoms with Gasteiger partial charge in [-0.15, -0.1) is 12.4 Å². The van der Waals surface area contributed by atoms with Gasteiger partial charge >= 0.3 is 6.61 Å². The minimum atomic E-state index is -2.75. The highest BCUT2D eigenvalue weighted by Gasteiger charge is 2.32. The van der Waals surface area contributed by atoms with Crippen molar-refractivity contribution >= 4 is 12.4 Å². The fourth-order valence-corrected chi connectivity index (χ4v) is 3.29. The van der Waals surface area contributed by atoms with Gasteiger partial charge < -0.3 is 10.1 Å². The van der Waals surface area contributed by atoms with Crippen LogP contribution in [-0.4, -0.2) is 37.7 Å². The standard InChI is InChI=1S/C15H20F2N2O.ClH/c16-15(17)20-14-3-1-11(2-4-14)9-19-6-5-12-7-18-8-13(12)10-19;/h1-4,12-13,15,18H,5-10H2;1H. The van der Waals surface area contributed by atoms with Crippen LogP contribution in [0.3, 0.4) is 0 Å². The van der Waals surface area contributed by atoms with Crippen LogP contribution >= 0.6 is 12.4 Å². The third-order valence-corrected chi connectivity index (χ3v) is 4.34. The number of rotatable bonds is 4. The van der Waals surface area contributed by atoms with E-state index in [4.69, 9.17) is 0 Å². The minimum absolute atomic E-state index is 0. The van der Waals surface area contributed by atoms with Gasteiger partial charge in [0, 0.05) is 13.1 Å². The second-order valence-corrected chi connectivity index (χ2v) is 5.72. The Bertz CT molecular complexity index is 444. The first-order valence-corrected chi connectivity index (χ1v) is 7.17. The molecule has 0 amide bonds. The number of hydrogen-bond donors (Lipinski definition) is 1. The third kappa shape index (κ3) is 4.28. The Hall–Kier alpha value is -0.910. The van der Waals surface area contributed by atoms with Crippen molar-refractivity contribution in [3.8, 4) is 5.75 Å². The van der Waals surface area contributed by atoms with Crippen LogP contribution < -0.4 is 10.1 Å². The number of halogens is 3. The van der Waals surface area contributed by atoms with Crippen LogP contribution in [-0.2, 0) is 6.54 Å². The van der Waals surface area contributed by atoms with E-state index in [9.17, 15) is 8.78 Å². The normalized spacial score (nSPS) is 25.5. The van der Waals surface area contributed by atoms with Gasteiger partial charge in [0.25, 0.3) is 0 Å². The molecule has 2 unspecified atom stereocenters. The van der Waals surface area contributed by atoms with Gasteiger partial charge in [0.05, 0.1) is 0 Å². The largest absolute Gasteiger partial charge is 0.435 e. The summed E-state index contributed by atoms with van der Waals surface area (Å²) < 4.78 is 28.5. The molecule has 2 saturated heterocycles. The average molecular weight is 319 g/mol. The Morgan fingerprint density at radius 2 is 1.90 bits per heavy atom. The summed E-state index contributed by atoms with van der Waals surface area (Å²) in [6.07, 6.45) is 1.25. The van der Waals surface area contributed by atoms with Gasteiger partial charge in [-0.3, -0.25) is 4.90 Å². The summed E-state index contributed by atoms with van der Waals surface area (Å²) in [5.41, 5.74) is 1.15. The van der Waals surface area contributed by atoms with Crippen LogP contribution in [0, 0.1) is 11.8 Å². The van der Waals surface area contributed by atoms with E-state index in [2.05, 4.69) is 15.0 Å². The number of nitrogens with one attached hydrogen (secondary N) is 1. The first-order chi connectivity index (χ1) is 9.70. The van der Waals surface area contributed by atoms with Gasteiger partial charge in [-0.05, 0) is 55.6 Å². The van der Waals surface area contributed by atoms with Gasteiger partial charge in [-0.25, -0.2) is 0 Å². The zero-order chi connectivity index (χ0) is 13.9. The summed E-state index contributed by atoms with van der Waals surface area (Å²) in [6, 6.07) is 6.98. The topological polar surface area (TPSA) is 24.5 Å². The lowest BCUT2D eigenvalue weighted by molar-refractivity contribution is -0.0498. The average Bonchev–Trinajstić information content (AvgIpc) is 2.88. The molecule has 2 atom stereocenters. The summed E-state index contributed by atoms with van der Waals surface area (Å²) in [7, 11) is 0. The fourth-order valence-electron chi connectivity index (χ4n) is 3.29. The zero-order valence-corrected chi connectivity index (χ0v) is 12.6. The highest BCUT2D eigenvalue weighted by molar-refractivity contribution is 5.85. The first-order valence-electron chi connectivity index (χ1n) is 7.17. The lowest BCUT2D eigenvalue weighted by Crippen LogP contribution is -2.39. The van der Waals surface area contributed by atoms with E-state index in [1.807, 2.05) is 12.1 Å². The van der Waals surface area contributed by atoms with Crippen LogP contribution in [0.1, 0.15) is 12.0 Å². The second kappa shape index (κ2) is 7.38. The number of benzene rings is 1. The Morgan fingerprint density at radius 3 is 2.62 bits per heavy atom. The number of piperidine rings is 1. The molecule has 3 rings (SSSR count). The summed E-state index contributed by atoms with van der Waals surface area (Å²) in [5, 5.41) is 3.46. The van der Waals surface area contributed by atoms with Crippen molar-refractivity contribution in [1.29, 1.82) is 0 Å². The lowest BCUT2D eigenvalue weighted by Gasteiger charge is -2.34. The maximum absolute atomic E-state index is 12.1. The van der Waals surface area contributed by atoms with Crippen LogP contribution in [0.15, 0.2) is 24.3 Å². The maximum Gasteiger partial charge on any atom is 0.387 e. The van der Waals surface area contributed by atoms with Gasteiger partial charge in [0.1, 0.15) is 5.75 Å². The van der Waals surface area contributed by atoms with Crippen molar-refractivity contribution in [1.82, 2.24) is 10.2 Å². The molecule has 118 valence electrons. The van der Waals surface area contributed by atoms with E-state index in [0.717, 1.165) is 50.1 Å². The fraction of sp³-hybridized carbons (Fsp3) is 0.600. The molecule has 0 aromatic heterocycles. The number of ether oxygens (including phenoxy) is 1. The molecule has 0 aliphatic carbocycles. The highest BCUT2D eigenvalue weighted by atomic mass is 35.5. The molecule has 3 nitrogen and oxygen atoms in total. The molecule has 2 aliphatic heterocycles. The predicted octanol–water partition coefficient (Wildman–Crippen LogP) is 2.75. The van der Waals surface area contributed by atoms with E-state index in [0.29, 0.717) is 0 Å². The van der Waals surface area contributed by atoms with Crippen LogP contribution in [0.4, 0.5) is 8.78 Å². The molecule has 1 aromatic carbocycles. The first kappa shape index (κ1) is 16.5. The van der Waals surface area contributed by atoms with Crippen LogP contribution in [0.2, 0.25) is 0 Å². The third-order valence-electron chi connectivity index (χ3n) is 4.34. The number of likely N-dealkylation sites (tertiary alicyclic amines) is 1.